The average molecular weight is 262 g/mol. The molecule has 0 aliphatic carbocycles. The zero-order chi connectivity index (χ0) is 11.8. The van der Waals surface area contributed by atoms with Crippen molar-refractivity contribution in [2.24, 2.45) is 0 Å². The third-order valence-electron chi connectivity index (χ3n) is 2.46. The molecule has 17 heavy (non-hydrogen) atoms. The molecule has 86 valence electrons. The molecule has 0 aliphatic rings. The number of thiazole rings is 2. The monoisotopic (exact) mass is 262 g/mol. The molecule has 0 fully saturated rings. The van der Waals surface area contributed by atoms with Crippen molar-refractivity contribution >= 4 is 32.9 Å². The summed E-state index contributed by atoms with van der Waals surface area (Å²) >= 11 is 3.24. The number of aromatic nitrogens is 2. The molecule has 0 radical (unpaired) electrons. The van der Waals surface area contributed by atoms with Crippen molar-refractivity contribution < 1.29 is 5.11 Å². The molecule has 2 aromatic heterocycles. The molecule has 0 unspecified atom stereocenters. The normalized spacial score (nSPS) is 11.2. The fourth-order valence-corrected chi connectivity index (χ4v) is 3.30. The first-order chi connectivity index (χ1) is 8.26. The van der Waals surface area contributed by atoms with E-state index < -0.39 is 0 Å². The lowest BCUT2D eigenvalue weighted by atomic mass is 10.2. The number of hydrogen-bond acceptors (Lipinski definition) is 5. The molecule has 0 bridgehead atoms. The summed E-state index contributed by atoms with van der Waals surface area (Å²) in [7, 11) is 0. The first-order valence-corrected chi connectivity index (χ1v) is 6.89. The number of aryl methyl sites for hydroxylation is 1. The summed E-state index contributed by atoms with van der Waals surface area (Å²) < 4.78 is 1.20. The van der Waals surface area contributed by atoms with Gasteiger partial charge in [0.15, 0.2) is 0 Å². The Morgan fingerprint density at radius 1 is 1.29 bits per heavy atom. The van der Waals surface area contributed by atoms with Crippen LogP contribution in [0.2, 0.25) is 0 Å². The third-order valence-corrected chi connectivity index (χ3v) is 4.35. The van der Waals surface area contributed by atoms with Gasteiger partial charge in [-0.1, -0.05) is 6.07 Å². The summed E-state index contributed by atoms with van der Waals surface area (Å²) in [5, 5.41) is 12.9. The van der Waals surface area contributed by atoms with E-state index in [0.717, 1.165) is 26.8 Å². The Morgan fingerprint density at radius 3 is 2.94 bits per heavy atom. The highest BCUT2D eigenvalue weighted by atomic mass is 32.1. The van der Waals surface area contributed by atoms with Crippen molar-refractivity contribution in [3.8, 4) is 10.6 Å². The van der Waals surface area contributed by atoms with Crippen molar-refractivity contribution in [2.75, 3.05) is 0 Å². The average Bonchev–Trinajstić information content (AvgIpc) is 2.92. The quantitative estimate of drug-likeness (QED) is 0.771. The van der Waals surface area contributed by atoms with Gasteiger partial charge in [0.1, 0.15) is 5.01 Å². The second-order valence-electron chi connectivity index (χ2n) is 3.72. The molecule has 0 aliphatic heterocycles. The highest BCUT2D eigenvalue weighted by Crippen LogP contribution is 2.29. The maximum absolute atomic E-state index is 9.01. The maximum Gasteiger partial charge on any atom is 0.123 e. The Bertz CT molecular complexity index is 672. The van der Waals surface area contributed by atoms with Gasteiger partial charge in [-0.2, -0.15) is 0 Å². The van der Waals surface area contributed by atoms with Gasteiger partial charge in [0, 0.05) is 10.9 Å². The van der Waals surface area contributed by atoms with Crippen LogP contribution >= 0.6 is 22.7 Å². The molecule has 1 aromatic carbocycles. The molecule has 0 saturated heterocycles. The minimum Gasteiger partial charge on any atom is -0.390 e. The first-order valence-electron chi connectivity index (χ1n) is 5.19. The number of rotatable bonds is 2. The number of aliphatic hydroxyl groups is 1. The Labute approximate surface area is 106 Å². The molecule has 0 amide bonds. The van der Waals surface area contributed by atoms with E-state index in [1.54, 1.807) is 22.7 Å². The van der Waals surface area contributed by atoms with Crippen LogP contribution in [0.4, 0.5) is 0 Å². The topological polar surface area (TPSA) is 46.0 Å². The number of benzene rings is 1. The summed E-state index contributed by atoms with van der Waals surface area (Å²) in [5.41, 5.74) is 2.80. The van der Waals surface area contributed by atoms with Crippen molar-refractivity contribution in [1.29, 1.82) is 0 Å². The largest absolute Gasteiger partial charge is 0.390 e. The van der Waals surface area contributed by atoms with Crippen LogP contribution in [0, 0.1) is 6.92 Å². The highest BCUT2D eigenvalue weighted by molar-refractivity contribution is 7.18. The van der Waals surface area contributed by atoms with Gasteiger partial charge in [-0.3, -0.25) is 0 Å². The van der Waals surface area contributed by atoms with E-state index in [4.69, 9.17) is 5.11 Å². The van der Waals surface area contributed by atoms with Crippen LogP contribution in [0.15, 0.2) is 23.6 Å². The number of fused-ring (bicyclic) bond motifs is 1. The molecule has 3 nitrogen and oxygen atoms in total. The van der Waals surface area contributed by atoms with Crippen molar-refractivity contribution in [2.45, 2.75) is 13.5 Å². The number of aliphatic hydroxyl groups excluding tert-OH is 1. The van der Waals surface area contributed by atoms with Gasteiger partial charge < -0.3 is 5.11 Å². The lowest BCUT2D eigenvalue weighted by Gasteiger charge is -1.95. The minimum absolute atomic E-state index is 0.00540. The molecule has 1 N–H and O–H groups in total. The first kappa shape index (κ1) is 10.8. The molecular formula is C12H10N2OS2. The maximum atomic E-state index is 9.01. The van der Waals surface area contributed by atoms with E-state index in [0.29, 0.717) is 0 Å². The van der Waals surface area contributed by atoms with Crippen LogP contribution in [0.25, 0.3) is 20.8 Å². The van der Waals surface area contributed by atoms with E-state index in [9.17, 15) is 0 Å². The molecule has 0 spiro atoms. The summed E-state index contributed by atoms with van der Waals surface area (Å²) in [6.45, 7) is 2.01. The standard InChI is InChI=1S/C12H10N2OS2/c1-7-13-10-4-8(2-3-11(10)17-7)12-14-9(5-15)6-16-12/h2-4,6,15H,5H2,1H3. The molecule has 3 aromatic rings. The molecule has 2 heterocycles. The van der Waals surface area contributed by atoms with E-state index in [1.807, 2.05) is 12.3 Å². The predicted octanol–water partition coefficient (Wildman–Crippen LogP) is 3.22. The van der Waals surface area contributed by atoms with E-state index in [2.05, 4.69) is 28.2 Å². The van der Waals surface area contributed by atoms with Crippen LogP contribution in [-0.4, -0.2) is 15.1 Å². The Balaban J connectivity index is 2.10. The van der Waals surface area contributed by atoms with Crippen LogP contribution in [-0.2, 0) is 6.61 Å². The Morgan fingerprint density at radius 2 is 2.18 bits per heavy atom. The highest BCUT2D eigenvalue weighted by Gasteiger charge is 2.07. The van der Waals surface area contributed by atoms with Crippen LogP contribution in [0.3, 0.4) is 0 Å². The summed E-state index contributed by atoms with van der Waals surface area (Å²) in [5.74, 6) is 0. The van der Waals surface area contributed by atoms with Crippen LogP contribution in [0.1, 0.15) is 10.7 Å². The lowest BCUT2D eigenvalue weighted by Crippen LogP contribution is -1.82. The van der Waals surface area contributed by atoms with Gasteiger partial charge in [-0.25, -0.2) is 9.97 Å². The van der Waals surface area contributed by atoms with Crippen LogP contribution < -0.4 is 0 Å². The Hall–Kier alpha value is -1.30. The zero-order valence-electron chi connectivity index (χ0n) is 9.17. The smallest absolute Gasteiger partial charge is 0.123 e. The van der Waals surface area contributed by atoms with Gasteiger partial charge in [0.25, 0.3) is 0 Å². The molecular weight excluding hydrogens is 252 g/mol. The second-order valence-corrected chi connectivity index (χ2v) is 5.81. The fourth-order valence-electron chi connectivity index (χ4n) is 1.69. The van der Waals surface area contributed by atoms with Gasteiger partial charge in [-0.05, 0) is 19.1 Å². The SMILES string of the molecule is Cc1nc2cc(-c3nc(CO)cs3)ccc2s1. The van der Waals surface area contributed by atoms with Crippen LogP contribution in [0.5, 0.6) is 0 Å². The second kappa shape index (κ2) is 4.18. The third kappa shape index (κ3) is 1.97. The summed E-state index contributed by atoms with van der Waals surface area (Å²) in [4.78, 5) is 8.83. The van der Waals surface area contributed by atoms with Crippen molar-refractivity contribution in [1.82, 2.24) is 9.97 Å². The van der Waals surface area contributed by atoms with Gasteiger partial charge in [0.2, 0.25) is 0 Å². The lowest BCUT2D eigenvalue weighted by molar-refractivity contribution is 0.278. The molecule has 5 heteroatoms. The van der Waals surface area contributed by atoms with Crippen molar-refractivity contribution in [3.05, 3.63) is 34.3 Å². The predicted molar refractivity (Wildman–Crippen MR) is 71.4 cm³/mol. The van der Waals surface area contributed by atoms with E-state index in [-0.39, 0.29) is 6.61 Å². The van der Waals surface area contributed by atoms with Gasteiger partial charge >= 0.3 is 0 Å². The number of nitrogens with zero attached hydrogens (tertiary/aromatic N) is 2. The van der Waals surface area contributed by atoms with Crippen molar-refractivity contribution in [3.63, 3.8) is 0 Å². The van der Waals surface area contributed by atoms with E-state index in [1.165, 1.54) is 4.70 Å². The molecule has 3 rings (SSSR count). The Kier molecular flexibility index (Phi) is 2.66. The zero-order valence-corrected chi connectivity index (χ0v) is 10.8. The molecule has 0 saturated carbocycles. The summed E-state index contributed by atoms with van der Waals surface area (Å²) in [6, 6.07) is 6.19. The van der Waals surface area contributed by atoms with Gasteiger partial charge in [0.05, 0.1) is 27.5 Å². The fraction of sp³-hybridized carbons (Fsp3) is 0.167. The molecule has 0 atom stereocenters. The van der Waals surface area contributed by atoms with E-state index >= 15 is 0 Å². The number of hydrogen-bond donors (Lipinski definition) is 1. The summed E-state index contributed by atoms with van der Waals surface area (Å²) in [6.07, 6.45) is 0. The van der Waals surface area contributed by atoms with Gasteiger partial charge in [-0.15, -0.1) is 22.7 Å². The minimum atomic E-state index is -0.00540.